The Hall–Kier alpha value is -2.03. The summed E-state index contributed by atoms with van der Waals surface area (Å²) in [6.07, 6.45) is 1.89. The van der Waals surface area contributed by atoms with E-state index in [0.29, 0.717) is 0 Å². The number of fused-ring (bicyclic) bond motifs is 1. The van der Waals surface area contributed by atoms with Gasteiger partial charge in [-0.25, -0.2) is 4.98 Å². The number of nitrogens with one attached hydrogen (secondary N) is 2. The van der Waals surface area contributed by atoms with Crippen LogP contribution in [0.15, 0.2) is 42.6 Å². The van der Waals surface area contributed by atoms with Crippen molar-refractivity contribution in [2.45, 2.75) is 19.4 Å². The highest BCUT2D eigenvalue weighted by Crippen LogP contribution is 2.34. The number of hydrogen-bond donors (Lipinski definition) is 2. The first kappa shape index (κ1) is 11.1. The van der Waals surface area contributed by atoms with Crippen LogP contribution in [0.1, 0.15) is 18.1 Å². The number of benzene rings is 1. The van der Waals surface area contributed by atoms with Gasteiger partial charge in [-0.05, 0) is 31.0 Å². The van der Waals surface area contributed by atoms with Crippen LogP contribution in [0.3, 0.4) is 0 Å². The summed E-state index contributed by atoms with van der Waals surface area (Å²) < 4.78 is 0. The topological polar surface area (TPSA) is 37.0 Å². The summed E-state index contributed by atoms with van der Waals surface area (Å²) in [5, 5.41) is 7.01. The van der Waals surface area contributed by atoms with Crippen molar-refractivity contribution < 1.29 is 0 Å². The number of nitrogens with zero attached hydrogens (tertiary/aromatic N) is 1. The number of pyridine rings is 1. The van der Waals surface area contributed by atoms with Gasteiger partial charge in [0.2, 0.25) is 0 Å². The molecule has 0 radical (unpaired) electrons. The molecule has 1 unspecified atom stereocenters. The molecular weight excluding hydrogens is 222 g/mol. The molecule has 1 aliphatic rings. The molecule has 3 nitrogen and oxygen atoms in total. The van der Waals surface area contributed by atoms with Crippen LogP contribution in [-0.2, 0) is 5.54 Å². The standard InChI is InChI=1S/C15H17N3/c1-11-8-13-14(16-9-11)18-15(2,10-17-13)12-6-4-3-5-7-12/h3-9,17H,10H2,1-2H3,(H,16,18). The Morgan fingerprint density at radius 3 is 2.78 bits per heavy atom. The molecule has 0 aliphatic carbocycles. The first-order valence-electron chi connectivity index (χ1n) is 6.22. The Labute approximate surface area is 107 Å². The second kappa shape index (κ2) is 4.02. The molecule has 2 N–H and O–H groups in total. The van der Waals surface area contributed by atoms with Gasteiger partial charge in [0.25, 0.3) is 0 Å². The predicted molar refractivity (Wildman–Crippen MR) is 74.9 cm³/mol. The lowest BCUT2D eigenvalue weighted by atomic mass is 9.90. The van der Waals surface area contributed by atoms with Crippen LogP contribution in [0.2, 0.25) is 0 Å². The molecule has 0 saturated carbocycles. The van der Waals surface area contributed by atoms with E-state index in [1.165, 1.54) is 11.1 Å². The Kier molecular flexibility index (Phi) is 2.47. The van der Waals surface area contributed by atoms with E-state index in [1.54, 1.807) is 0 Å². The molecule has 0 spiro atoms. The van der Waals surface area contributed by atoms with Crippen molar-refractivity contribution in [2.75, 3.05) is 17.2 Å². The second-order valence-electron chi connectivity index (χ2n) is 5.09. The Bertz CT molecular complexity index is 565. The van der Waals surface area contributed by atoms with Crippen molar-refractivity contribution in [2.24, 2.45) is 0 Å². The quantitative estimate of drug-likeness (QED) is 0.802. The van der Waals surface area contributed by atoms with Crippen molar-refractivity contribution in [1.82, 2.24) is 4.98 Å². The summed E-state index contributed by atoms with van der Waals surface area (Å²) in [6, 6.07) is 12.6. The SMILES string of the molecule is Cc1cnc2c(c1)NCC(C)(c1ccccc1)N2. The van der Waals surface area contributed by atoms with Crippen LogP contribution in [0, 0.1) is 6.92 Å². The number of aromatic nitrogens is 1. The zero-order valence-electron chi connectivity index (χ0n) is 10.7. The van der Waals surface area contributed by atoms with E-state index in [0.717, 1.165) is 18.1 Å². The van der Waals surface area contributed by atoms with Gasteiger partial charge in [0, 0.05) is 12.7 Å². The Morgan fingerprint density at radius 2 is 2.00 bits per heavy atom. The lowest BCUT2D eigenvalue weighted by Gasteiger charge is -2.37. The van der Waals surface area contributed by atoms with Crippen LogP contribution < -0.4 is 10.6 Å². The molecule has 0 amide bonds. The fourth-order valence-corrected chi connectivity index (χ4v) is 2.36. The summed E-state index contributed by atoms with van der Waals surface area (Å²) in [4.78, 5) is 4.47. The molecule has 1 atom stereocenters. The molecule has 1 aromatic carbocycles. The molecule has 0 bridgehead atoms. The molecule has 2 heterocycles. The lowest BCUT2D eigenvalue weighted by Crippen LogP contribution is -2.42. The average molecular weight is 239 g/mol. The first-order valence-corrected chi connectivity index (χ1v) is 6.22. The first-order chi connectivity index (χ1) is 8.67. The Balaban J connectivity index is 1.97. The van der Waals surface area contributed by atoms with E-state index in [9.17, 15) is 0 Å². The highest BCUT2D eigenvalue weighted by atomic mass is 15.2. The molecule has 1 aromatic heterocycles. The van der Waals surface area contributed by atoms with E-state index >= 15 is 0 Å². The van der Waals surface area contributed by atoms with Crippen LogP contribution in [0.4, 0.5) is 11.5 Å². The fraction of sp³-hybridized carbons (Fsp3) is 0.267. The summed E-state index contributed by atoms with van der Waals surface area (Å²) in [5.41, 5.74) is 3.41. The van der Waals surface area contributed by atoms with Crippen molar-refractivity contribution in [1.29, 1.82) is 0 Å². The molecule has 18 heavy (non-hydrogen) atoms. The van der Waals surface area contributed by atoms with Gasteiger partial charge < -0.3 is 10.6 Å². The maximum Gasteiger partial charge on any atom is 0.150 e. The minimum absolute atomic E-state index is 0.115. The van der Waals surface area contributed by atoms with E-state index in [4.69, 9.17) is 0 Å². The number of rotatable bonds is 1. The van der Waals surface area contributed by atoms with Crippen LogP contribution in [0.25, 0.3) is 0 Å². The predicted octanol–water partition coefficient (Wildman–Crippen LogP) is 3.14. The summed E-state index contributed by atoms with van der Waals surface area (Å²) >= 11 is 0. The van der Waals surface area contributed by atoms with Gasteiger partial charge in [0.1, 0.15) is 5.82 Å². The van der Waals surface area contributed by atoms with E-state index in [-0.39, 0.29) is 5.54 Å². The Morgan fingerprint density at radius 1 is 1.22 bits per heavy atom. The molecule has 3 heteroatoms. The van der Waals surface area contributed by atoms with Gasteiger partial charge in [-0.2, -0.15) is 0 Å². The highest BCUT2D eigenvalue weighted by Gasteiger charge is 2.31. The third-order valence-corrected chi connectivity index (χ3v) is 3.46. The van der Waals surface area contributed by atoms with E-state index in [2.05, 4.69) is 59.8 Å². The van der Waals surface area contributed by atoms with Crippen LogP contribution in [0.5, 0.6) is 0 Å². The van der Waals surface area contributed by atoms with E-state index < -0.39 is 0 Å². The number of aryl methyl sites for hydroxylation is 1. The highest BCUT2D eigenvalue weighted by molar-refractivity contribution is 5.69. The fourth-order valence-electron chi connectivity index (χ4n) is 2.36. The minimum atomic E-state index is -0.115. The maximum atomic E-state index is 4.47. The van der Waals surface area contributed by atoms with Gasteiger partial charge in [-0.3, -0.25) is 0 Å². The summed E-state index contributed by atoms with van der Waals surface area (Å²) in [5.74, 6) is 0.929. The maximum absolute atomic E-state index is 4.47. The van der Waals surface area contributed by atoms with Gasteiger partial charge in [-0.1, -0.05) is 30.3 Å². The minimum Gasteiger partial charge on any atom is -0.379 e. The molecule has 3 rings (SSSR count). The molecule has 0 saturated heterocycles. The molecule has 1 aliphatic heterocycles. The van der Waals surface area contributed by atoms with Crippen molar-refractivity contribution in [3.8, 4) is 0 Å². The normalized spacial score (nSPS) is 21.7. The largest absolute Gasteiger partial charge is 0.379 e. The summed E-state index contributed by atoms with van der Waals surface area (Å²) in [7, 11) is 0. The average Bonchev–Trinajstić information content (AvgIpc) is 2.40. The van der Waals surface area contributed by atoms with Gasteiger partial charge >= 0.3 is 0 Å². The van der Waals surface area contributed by atoms with Crippen LogP contribution in [-0.4, -0.2) is 11.5 Å². The molecule has 2 aromatic rings. The van der Waals surface area contributed by atoms with Gasteiger partial charge in [-0.15, -0.1) is 0 Å². The zero-order valence-corrected chi connectivity index (χ0v) is 10.7. The third kappa shape index (κ3) is 1.82. The zero-order chi connectivity index (χ0) is 12.6. The van der Waals surface area contributed by atoms with Gasteiger partial charge in [0.15, 0.2) is 0 Å². The molecule has 92 valence electrons. The lowest BCUT2D eigenvalue weighted by molar-refractivity contribution is 0.561. The molecular formula is C15H17N3. The van der Waals surface area contributed by atoms with Gasteiger partial charge in [0.05, 0.1) is 11.2 Å². The van der Waals surface area contributed by atoms with Crippen molar-refractivity contribution >= 4 is 11.5 Å². The monoisotopic (exact) mass is 239 g/mol. The molecule has 0 fully saturated rings. The van der Waals surface area contributed by atoms with E-state index in [1.807, 2.05) is 12.3 Å². The van der Waals surface area contributed by atoms with Crippen molar-refractivity contribution in [3.05, 3.63) is 53.7 Å². The third-order valence-electron chi connectivity index (χ3n) is 3.46. The summed E-state index contributed by atoms with van der Waals surface area (Å²) in [6.45, 7) is 5.11. The van der Waals surface area contributed by atoms with Crippen molar-refractivity contribution in [3.63, 3.8) is 0 Å². The number of hydrogen-bond acceptors (Lipinski definition) is 3. The number of anilines is 2. The smallest absolute Gasteiger partial charge is 0.150 e. The van der Waals surface area contributed by atoms with Crippen LogP contribution >= 0.6 is 0 Å². The second-order valence-corrected chi connectivity index (χ2v) is 5.09.